The molecule has 4 aromatic rings. The van der Waals surface area contributed by atoms with E-state index in [2.05, 4.69) is 24.8 Å². The van der Waals surface area contributed by atoms with Crippen LogP contribution in [-0.2, 0) is 0 Å². The van der Waals surface area contributed by atoms with Gasteiger partial charge in [0.2, 0.25) is 0 Å². The Morgan fingerprint density at radius 3 is 2.92 bits per heavy atom. The summed E-state index contributed by atoms with van der Waals surface area (Å²) < 4.78 is 2.16. The summed E-state index contributed by atoms with van der Waals surface area (Å²) in [6.45, 7) is 0. The minimum absolute atomic E-state index is 0.180. The Bertz CT molecular complexity index is 1100. The number of fused-ring (bicyclic) bond motifs is 2. The van der Waals surface area contributed by atoms with E-state index in [4.69, 9.17) is 0 Å². The number of carbonyl (C=O) groups is 1. The highest BCUT2D eigenvalue weighted by Crippen LogP contribution is 2.31. The van der Waals surface area contributed by atoms with Gasteiger partial charge >= 0.3 is 0 Å². The highest BCUT2D eigenvalue weighted by atomic mass is 16.1. The number of hydrogen-bond acceptors (Lipinski definition) is 3. The molecule has 6 nitrogen and oxygen atoms in total. The molecule has 0 unspecified atom stereocenters. The molecule has 0 spiro atoms. The molecule has 26 heavy (non-hydrogen) atoms. The normalized spacial score (nSPS) is 15.1. The first-order valence-electron chi connectivity index (χ1n) is 8.99. The van der Waals surface area contributed by atoms with Gasteiger partial charge in [0, 0.05) is 29.6 Å². The lowest BCUT2D eigenvalue weighted by Gasteiger charge is -2.11. The molecule has 0 atom stereocenters. The van der Waals surface area contributed by atoms with Crippen molar-refractivity contribution in [1.82, 2.24) is 19.5 Å². The van der Waals surface area contributed by atoms with E-state index in [9.17, 15) is 4.79 Å². The van der Waals surface area contributed by atoms with Crippen LogP contribution in [0, 0.1) is 0 Å². The fourth-order valence-electron chi connectivity index (χ4n) is 3.82. The van der Waals surface area contributed by atoms with Crippen LogP contribution in [0.1, 0.15) is 42.1 Å². The van der Waals surface area contributed by atoms with Gasteiger partial charge in [-0.2, -0.15) is 0 Å². The zero-order valence-electron chi connectivity index (χ0n) is 14.3. The van der Waals surface area contributed by atoms with Crippen molar-refractivity contribution < 1.29 is 4.79 Å². The van der Waals surface area contributed by atoms with Crippen LogP contribution in [0.2, 0.25) is 0 Å². The first-order valence-corrected chi connectivity index (χ1v) is 8.99. The van der Waals surface area contributed by atoms with Crippen LogP contribution < -0.4 is 5.32 Å². The number of hydrogen-bond donors (Lipinski definition) is 2. The molecule has 1 aliphatic rings. The number of amides is 1. The number of nitrogens with one attached hydrogen (secondary N) is 2. The highest BCUT2D eigenvalue weighted by Gasteiger charge is 2.20. The average molecular weight is 345 g/mol. The summed E-state index contributed by atoms with van der Waals surface area (Å²) in [4.78, 5) is 24.7. The van der Waals surface area contributed by atoms with Crippen molar-refractivity contribution in [3.05, 3.63) is 54.6 Å². The van der Waals surface area contributed by atoms with Crippen molar-refractivity contribution in [1.29, 1.82) is 0 Å². The van der Waals surface area contributed by atoms with Crippen molar-refractivity contribution in [3.8, 4) is 0 Å². The molecule has 1 amide bonds. The lowest BCUT2D eigenvalue weighted by atomic mass is 10.2. The molecule has 5 rings (SSSR count). The number of carbonyl (C=O) groups excluding carboxylic acids is 1. The van der Waals surface area contributed by atoms with Gasteiger partial charge in [-0.05, 0) is 42.5 Å². The predicted octanol–water partition coefficient (Wildman–Crippen LogP) is 4.28. The van der Waals surface area contributed by atoms with Crippen LogP contribution in [0.25, 0.3) is 22.1 Å². The Balaban J connectivity index is 1.41. The molecule has 0 saturated heterocycles. The summed E-state index contributed by atoms with van der Waals surface area (Å²) in [7, 11) is 0. The molecule has 3 heterocycles. The maximum absolute atomic E-state index is 12.6. The SMILES string of the molecule is O=C(Nc1ccc2cc[nH]c2c1)c1cnc2c(c1)ncn2C1CCCC1. The first-order chi connectivity index (χ1) is 12.8. The average Bonchev–Trinajstić information content (AvgIpc) is 3.40. The lowest BCUT2D eigenvalue weighted by molar-refractivity contribution is 0.102. The number of rotatable bonds is 3. The molecule has 3 aromatic heterocycles. The summed E-state index contributed by atoms with van der Waals surface area (Å²) in [5.74, 6) is -0.180. The number of benzene rings is 1. The van der Waals surface area contributed by atoms with Gasteiger partial charge in [0.05, 0.1) is 11.9 Å². The van der Waals surface area contributed by atoms with Crippen LogP contribution in [0.5, 0.6) is 0 Å². The highest BCUT2D eigenvalue weighted by molar-refractivity contribution is 6.06. The van der Waals surface area contributed by atoms with Crippen molar-refractivity contribution in [2.75, 3.05) is 5.32 Å². The number of nitrogens with zero attached hydrogens (tertiary/aromatic N) is 3. The van der Waals surface area contributed by atoms with E-state index in [1.807, 2.05) is 42.9 Å². The second-order valence-electron chi connectivity index (χ2n) is 6.89. The summed E-state index contributed by atoms with van der Waals surface area (Å²) in [5, 5.41) is 4.05. The topological polar surface area (TPSA) is 75.6 Å². The molecule has 2 N–H and O–H groups in total. The van der Waals surface area contributed by atoms with Gasteiger partial charge in [-0.25, -0.2) is 9.97 Å². The van der Waals surface area contributed by atoms with E-state index < -0.39 is 0 Å². The van der Waals surface area contributed by atoms with Crippen LogP contribution in [0.3, 0.4) is 0 Å². The van der Waals surface area contributed by atoms with Crippen molar-refractivity contribution in [3.63, 3.8) is 0 Å². The van der Waals surface area contributed by atoms with Crippen LogP contribution in [0.15, 0.2) is 49.1 Å². The molecule has 1 saturated carbocycles. The van der Waals surface area contributed by atoms with E-state index in [0.29, 0.717) is 11.6 Å². The maximum atomic E-state index is 12.6. The van der Waals surface area contributed by atoms with Crippen LogP contribution >= 0.6 is 0 Å². The molecule has 0 aliphatic heterocycles. The summed E-state index contributed by atoms with van der Waals surface area (Å²) >= 11 is 0. The second kappa shape index (κ2) is 5.98. The second-order valence-corrected chi connectivity index (χ2v) is 6.89. The van der Waals surface area contributed by atoms with Crippen LogP contribution in [0.4, 0.5) is 5.69 Å². The third-order valence-corrected chi connectivity index (χ3v) is 5.21. The molecular formula is C20H19N5O. The van der Waals surface area contributed by atoms with E-state index in [1.165, 1.54) is 25.7 Å². The molecule has 1 fully saturated rings. The van der Waals surface area contributed by atoms with Gasteiger partial charge in [0.25, 0.3) is 5.91 Å². The molecule has 1 aliphatic carbocycles. The summed E-state index contributed by atoms with van der Waals surface area (Å²) in [6, 6.07) is 10.1. The third kappa shape index (κ3) is 2.54. The minimum atomic E-state index is -0.180. The lowest BCUT2D eigenvalue weighted by Crippen LogP contribution is -2.12. The summed E-state index contributed by atoms with van der Waals surface area (Å²) in [6.07, 6.45) is 10.3. The smallest absolute Gasteiger partial charge is 0.257 e. The molecule has 0 radical (unpaired) electrons. The predicted molar refractivity (Wildman–Crippen MR) is 101 cm³/mol. The van der Waals surface area contributed by atoms with Gasteiger partial charge in [-0.3, -0.25) is 4.79 Å². The number of pyridine rings is 1. The number of aromatic amines is 1. The van der Waals surface area contributed by atoms with Gasteiger partial charge in [0.15, 0.2) is 5.65 Å². The number of H-pyrrole nitrogens is 1. The van der Waals surface area contributed by atoms with Crippen molar-refractivity contribution >= 4 is 33.7 Å². The quantitative estimate of drug-likeness (QED) is 0.582. The van der Waals surface area contributed by atoms with E-state index in [1.54, 1.807) is 6.20 Å². The Kier molecular flexibility index (Phi) is 3.48. The largest absolute Gasteiger partial charge is 0.361 e. The molecule has 6 heteroatoms. The molecule has 1 aromatic carbocycles. The molecule has 0 bridgehead atoms. The van der Waals surface area contributed by atoms with Crippen molar-refractivity contribution in [2.45, 2.75) is 31.7 Å². The van der Waals surface area contributed by atoms with Crippen molar-refractivity contribution in [2.24, 2.45) is 0 Å². The van der Waals surface area contributed by atoms with Crippen LogP contribution in [-0.4, -0.2) is 25.4 Å². The monoisotopic (exact) mass is 345 g/mol. The van der Waals surface area contributed by atoms with Gasteiger partial charge < -0.3 is 14.9 Å². The van der Waals surface area contributed by atoms with Gasteiger partial charge in [-0.15, -0.1) is 0 Å². The minimum Gasteiger partial charge on any atom is -0.361 e. The molecule has 130 valence electrons. The van der Waals surface area contributed by atoms with E-state index in [0.717, 1.165) is 27.8 Å². The number of anilines is 1. The zero-order valence-corrected chi connectivity index (χ0v) is 14.3. The number of imidazole rings is 1. The Morgan fingerprint density at radius 1 is 1.15 bits per heavy atom. The van der Waals surface area contributed by atoms with E-state index >= 15 is 0 Å². The van der Waals surface area contributed by atoms with Gasteiger partial charge in [0.1, 0.15) is 5.52 Å². The fourth-order valence-corrected chi connectivity index (χ4v) is 3.82. The third-order valence-electron chi connectivity index (χ3n) is 5.21. The zero-order chi connectivity index (χ0) is 17.5. The Hall–Kier alpha value is -3.15. The molecular weight excluding hydrogens is 326 g/mol. The maximum Gasteiger partial charge on any atom is 0.257 e. The Labute approximate surface area is 150 Å². The first kappa shape index (κ1) is 15.1. The standard InChI is InChI=1S/C20H19N5O/c26-20(24-15-6-5-13-7-8-21-17(13)10-15)14-9-18-19(22-11-14)25(12-23-18)16-3-1-2-4-16/h5-12,16,21H,1-4H2,(H,24,26). The Morgan fingerprint density at radius 2 is 2.04 bits per heavy atom. The number of aromatic nitrogens is 4. The fraction of sp³-hybridized carbons (Fsp3) is 0.250. The van der Waals surface area contributed by atoms with Gasteiger partial charge in [-0.1, -0.05) is 18.9 Å². The summed E-state index contributed by atoms with van der Waals surface area (Å²) in [5.41, 5.74) is 3.89. The van der Waals surface area contributed by atoms with E-state index in [-0.39, 0.29) is 5.91 Å².